The van der Waals surface area contributed by atoms with Crippen molar-refractivity contribution in [3.63, 3.8) is 0 Å². The number of benzene rings is 1. The van der Waals surface area contributed by atoms with E-state index in [0.29, 0.717) is 31.7 Å². The van der Waals surface area contributed by atoms with Crippen molar-refractivity contribution in [1.29, 1.82) is 0 Å². The van der Waals surface area contributed by atoms with Crippen LogP contribution in [0.15, 0.2) is 47.3 Å². The molecule has 0 radical (unpaired) electrons. The van der Waals surface area contributed by atoms with Crippen LogP contribution in [-0.4, -0.2) is 59.0 Å². The highest BCUT2D eigenvalue weighted by Crippen LogP contribution is 2.21. The molecule has 126 valence electrons. The lowest BCUT2D eigenvalue weighted by Gasteiger charge is -2.35. The molecule has 3 rings (SSSR count). The van der Waals surface area contributed by atoms with E-state index in [-0.39, 0.29) is 11.8 Å². The zero-order valence-corrected chi connectivity index (χ0v) is 13.5. The Morgan fingerprint density at radius 1 is 1.08 bits per heavy atom. The third-order valence-electron chi connectivity index (χ3n) is 4.20. The van der Waals surface area contributed by atoms with Crippen LogP contribution in [0.3, 0.4) is 0 Å². The molecule has 0 spiro atoms. The van der Waals surface area contributed by atoms with E-state index in [0.717, 1.165) is 11.1 Å². The maximum atomic E-state index is 12.7. The number of piperazine rings is 1. The largest absolute Gasteiger partial charge is 0.472 e. The maximum absolute atomic E-state index is 12.7. The molecule has 1 aliphatic heterocycles. The molecular formula is C18H20N2O4. The van der Waals surface area contributed by atoms with Crippen LogP contribution in [0.1, 0.15) is 17.3 Å². The number of hydrogen-bond acceptors (Lipinski definition) is 4. The zero-order valence-electron chi connectivity index (χ0n) is 13.5. The molecule has 1 atom stereocenters. The minimum atomic E-state index is -1.00. The summed E-state index contributed by atoms with van der Waals surface area (Å²) in [5.41, 5.74) is 2.47. The van der Waals surface area contributed by atoms with Gasteiger partial charge in [-0.3, -0.25) is 9.59 Å². The summed E-state index contributed by atoms with van der Waals surface area (Å²) in [6.07, 6.45) is 2.24. The van der Waals surface area contributed by atoms with Gasteiger partial charge in [-0.05, 0) is 30.7 Å². The topological polar surface area (TPSA) is 74.0 Å². The fourth-order valence-electron chi connectivity index (χ4n) is 2.84. The standard InChI is InChI=1S/C18H20N2O4/c1-13(21)17(22)19-6-8-20(9-7-19)18(23)15-4-2-3-14(11-15)16-5-10-24-12-16/h2-5,10-13,21H,6-9H2,1H3. The lowest BCUT2D eigenvalue weighted by Crippen LogP contribution is -2.52. The number of carbonyl (C=O) groups excluding carboxylic acids is 2. The van der Waals surface area contributed by atoms with Gasteiger partial charge in [-0.2, -0.15) is 0 Å². The van der Waals surface area contributed by atoms with Crippen LogP contribution in [0.2, 0.25) is 0 Å². The van der Waals surface area contributed by atoms with E-state index < -0.39 is 6.10 Å². The Bertz CT molecular complexity index is 716. The van der Waals surface area contributed by atoms with Crippen molar-refractivity contribution in [2.45, 2.75) is 13.0 Å². The minimum absolute atomic E-state index is 0.0514. The van der Waals surface area contributed by atoms with Crippen molar-refractivity contribution in [3.8, 4) is 11.1 Å². The van der Waals surface area contributed by atoms with Crippen LogP contribution in [0.4, 0.5) is 0 Å². The van der Waals surface area contributed by atoms with E-state index in [1.165, 1.54) is 6.92 Å². The molecule has 2 amide bonds. The Hall–Kier alpha value is -2.60. The first-order chi connectivity index (χ1) is 11.6. The SMILES string of the molecule is CC(O)C(=O)N1CCN(C(=O)c2cccc(-c3ccoc3)c2)CC1. The summed E-state index contributed by atoms with van der Waals surface area (Å²) in [5, 5.41) is 9.37. The molecule has 1 aliphatic rings. The van der Waals surface area contributed by atoms with Crippen molar-refractivity contribution in [2.75, 3.05) is 26.2 Å². The van der Waals surface area contributed by atoms with Gasteiger partial charge in [-0.25, -0.2) is 0 Å². The summed E-state index contributed by atoms with van der Waals surface area (Å²) < 4.78 is 5.09. The van der Waals surface area contributed by atoms with E-state index in [9.17, 15) is 14.7 Å². The van der Waals surface area contributed by atoms with Gasteiger partial charge in [0.25, 0.3) is 11.8 Å². The maximum Gasteiger partial charge on any atom is 0.253 e. The van der Waals surface area contributed by atoms with E-state index in [4.69, 9.17) is 4.42 Å². The third kappa shape index (κ3) is 3.33. The van der Waals surface area contributed by atoms with Crippen molar-refractivity contribution in [2.24, 2.45) is 0 Å². The first-order valence-corrected chi connectivity index (χ1v) is 7.95. The highest BCUT2D eigenvalue weighted by molar-refractivity contribution is 5.95. The second-order valence-corrected chi connectivity index (χ2v) is 5.89. The first-order valence-electron chi connectivity index (χ1n) is 7.95. The normalized spacial score (nSPS) is 16.1. The minimum Gasteiger partial charge on any atom is -0.472 e. The van der Waals surface area contributed by atoms with E-state index in [1.54, 1.807) is 28.4 Å². The highest BCUT2D eigenvalue weighted by Gasteiger charge is 2.26. The lowest BCUT2D eigenvalue weighted by atomic mass is 10.0. The van der Waals surface area contributed by atoms with E-state index in [2.05, 4.69) is 0 Å². The first kappa shape index (κ1) is 16.3. The summed E-state index contributed by atoms with van der Waals surface area (Å²) in [4.78, 5) is 27.8. The fraction of sp³-hybridized carbons (Fsp3) is 0.333. The van der Waals surface area contributed by atoms with Crippen molar-refractivity contribution >= 4 is 11.8 Å². The Kier molecular flexibility index (Phi) is 4.66. The van der Waals surface area contributed by atoms with Crippen LogP contribution in [0.25, 0.3) is 11.1 Å². The molecule has 24 heavy (non-hydrogen) atoms. The van der Waals surface area contributed by atoms with E-state index in [1.807, 2.05) is 24.3 Å². The summed E-state index contributed by atoms with van der Waals surface area (Å²) >= 11 is 0. The van der Waals surface area contributed by atoms with Gasteiger partial charge in [-0.15, -0.1) is 0 Å². The molecule has 1 N–H and O–H groups in total. The molecular weight excluding hydrogens is 308 g/mol. The number of hydrogen-bond donors (Lipinski definition) is 1. The van der Waals surface area contributed by atoms with Crippen LogP contribution in [0, 0.1) is 0 Å². The molecule has 1 fully saturated rings. The van der Waals surface area contributed by atoms with Gasteiger partial charge in [0.2, 0.25) is 0 Å². The summed E-state index contributed by atoms with van der Waals surface area (Å²) in [6.45, 7) is 3.27. The quantitative estimate of drug-likeness (QED) is 0.929. The summed E-state index contributed by atoms with van der Waals surface area (Å²) in [7, 11) is 0. The monoisotopic (exact) mass is 328 g/mol. The second kappa shape index (κ2) is 6.88. The average Bonchev–Trinajstić information content (AvgIpc) is 3.15. The number of rotatable bonds is 3. The summed E-state index contributed by atoms with van der Waals surface area (Å²) in [5.74, 6) is -0.339. The van der Waals surface area contributed by atoms with E-state index >= 15 is 0 Å². The van der Waals surface area contributed by atoms with Crippen LogP contribution in [-0.2, 0) is 4.79 Å². The highest BCUT2D eigenvalue weighted by atomic mass is 16.3. The van der Waals surface area contributed by atoms with Crippen LogP contribution >= 0.6 is 0 Å². The van der Waals surface area contributed by atoms with Gasteiger partial charge < -0.3 is 19.3 Å². The van der Waals surface area contributed by atoms with Crippen molar-refractivity contribution < 1.29 is 19.1 Å². The average molecular weight is 328 g/mol. The van der Waals surface area contributed by atoms with Crippen molar-refractivity contribution in [3.05, 3.63) is 48.4 Å². The Labute approximate surface area is 140 Å². The van der Waals surface area contributed by atoms with Gasteiger partial charge in [0.1, 0.15) is 6.10 Å². The molecule has 0 bridgehead atoms. The Balaban J connectivity index is 1.68. The fourth-order valence-corrected chi connectivity index (χ4v) is 2.84. The lowest BCUT2D eigenvalue weighted by molar-refractivity contribution is -0.140. The molecule has 6 heteroatoms. The molecule has 2 heterocycles. The molecule has 1 unspecified atom stereocenters. The molecule has 1 aromatic heterocycles. The van der Waals surface area contributed by atoms with Gasteiger partial charge in [0.05, 0.1) is 12.5 Å². The Morgan fingerprint density at radius 2 is 1.79 bits per heavy atom. The summed E-state index contributed by atoms with van der Waals surface area (Å²) in [6, 6.07) is 9.27. The number of furan rings is 1. The molecule has 6 nitrogen and oxygen atoms in total. The second-order valence-electron chi connectivity index (χ2n) is 5.89. The molecule has 2 aromatic rings. The number of carbonyl (C=O) groups is 2. The number of aliphatic hydroxyl groups is 1. The van der Waals surface area contributed by atoms with Crippen LogP contribution in [0.5, 0.6) is 0 Å². The number of nitrogens with zero attached hydrogens (tertiary/aromatic N) is 2. The molecule has 0 saturated carbocycles. The predicted molar refractivity (Wildman–Crippen MR) is 88.3 cm³/mol. The number of aliphatic hydroxyl groups excluding tert-OH is 1. The Morgan fingerprint density at radius 3 is 2.42 bits per heavy atom. The molecule has 1 aromatic carbocycles. The van der Waals surface area contributed by atoms with Gasteiger partial charge in [0, 0.05) is 37.3 Å². The predicted octanol–water partition coefficient (Wildman–Crippen LogP) is 1.61. The van der Waals surface area contributed by atoms with Crippen LogP contribution < -0.4 is 0 Å². The smallest absolute Gasteiger partial charge is 0.253 e. The van der Waals surface area contributed by atoms with Crippen molar-refractivity contribution in [1.82, 2.24) is 9.80 Å². The van der Waals surface area contributed by atoms with Gasteiger partial charge in [0.15, 0.2) is 0 Å². The zero-order chi connectivity index (χ0) is 17.1. The molecule has 1 saturated heterocycles. The molecule has 0 aliphatic carbocycles. The van der Waals surface area contributed by atoms with Gasteiger partial charge in [-0.1, -0.05) is 12.1 Å². The third-order valence-corrected chi connectivity index (χ3v) is 4.20. The van der Waals surface area contributed by atoms with Gasteiger partial charge >= 0.3 is 0 Å². The number of amides is 2.